The molecule has 0 atom stereocenters. The maximum Gasteiger partial charge on any atom is 0.573 e. The molecule has 3 nitrogen and oxygen atoms in total. The summed E-state index contributed by atoms with van der Waals surface area (Å²) in [6, 6.07) is 8.27. The van der Waals surface area contributed by atoms with Crippen molar-refractivity contribution in [1.29, 1.82) is 0 Å². The zero-order valence-electron chi connectivity index (χ0n) is 12.0. The fraction of sp³-hybridized carbons (Fsp3) is 0.188. The van der Waals surface area contributed by atoms with E-state index < -0.39 is 23.9 Å². The molecule has 0 aliphatic carbocycles. The molecular formula is C16H12F4O3. The van der Waals surface area contributed by atoms with Crippen molar-refractivity contribution in [3.8, 4) is 16.9 Å². The van der Waals surface area contributed by atoms with E-state index in [9.17, 15) is 22.4 Å². The van der Waals surface area contributed by atoms with E-state index in [1.807, 2.05) is 0 Å². The average Bonchev–Trinajstić information content (AvgIpc) is 2.46. The van der Waals surface area contributed by atoms with Crippen LogP contribution < -0.4 is 4.74 Å². The summed E-state index contributed by atoms with van der Waals surface area (Å²) in [6.07, 6.45) is -4.80. The molecule has 0 radical (unpaired) electrons. The summed E-state index contributed by atoms with van der Waals surface area (Å²) in [5, 5.41) is 0. The Morgan fingerprint density at radius 3 is 2.30 bits per heavy atom. The molecule has 0 unspecified atom stereocenters. The molecule has 0 aliphatic heterocycles. The number of carbonyl (C=O) groups is 1. The van der Waals surface area contributed by atoms with Gasteiger partial charge in [0.25, 0.3) is 0 Å². The summed E-state index contributed by atoms with van der Waals surface area (Å²) in [5.41, 5.74) is 0.710. The zero-order chi connectivity index (χ0) is 17.0. The minimum atomic E-state index is -4.80. The molecule has 0 aliphatic rings. The van der Waals surface area contributed by atoms with Gasteiger partial charge in [0, 0.05) is 0 Å². The number of hydrogen-bond donors (Lipinski definition) is 0. The Labute approximate surface area is 129 Å². The molecule has 0 aromatic heterocycles. The minimum absolute atomic E-state index is 0.123. The number of carbonyl (C=O) groups excluding carboxylic acids is 1. The molecule has 0 saturated carbocycles. The Kier molecular flexibility index (Phi) is 4.88. The third-order valence-electron chi connectivity index (χ3n) is 2.88. The summed E-state index contributed by atoms with van der Waals surface area (Å²) in [5.74, 6) is -1.63. The van der Waals surface area contributed by atoms with Crippen molar-refractivity contribution in [3.63, 3.8) is 0 Å². The Morgan fingerprint density at radius 1 is 1.09 bits per heavy atom. The molecule has 0 spiro atoms. The van der Waals surface area contributed by atoms with Gasteiger partial charge in [0.15, 0.2) is 0 Å². The topological polar surface area (TPSA) is 35.5 Å². The van der Waals surface area contributed by atoms with Crippen LogP contribution in [0.3, 0.4) is 0 Å². The van der Waals surface area contributed by atoms with Crippen LogP contribution in [0.15, 0.2) is 42.5 Å². The number of rotatable bonds is 4. The Bertz CT molecular complexity index is 693. The Morgan fingerprint density at radius 2 is 1.74 bits per heavy atom. The lowest BCUT2D eigenvalue weighted by Gasteiger charge is -2.11. The second-order valence-corrected chi connectivity index (χ2v) is 4.48. The molecule has 2 aromatic rings. The van der Waals surface area contributed by atoms with E-state index in [1.165, 1.54) is 18.2 Å². The van der Waals surface area contributed by atoms with Gasteiger partial charge in [0.05, 0.1) is 12.2 Å². The van der Waals surface area contributed by atoms with Crippen LogP contribution in [0.1, 0.15) is 17.3 Å². The summed E-state index contributed by atoms with van der Waals surface area (Å²) in [6.45, 7) is 1.78. The van der Waals surface area contributed by atoms with Crippen LogP contribution >= 0.6 is 0 Å². The summed E-state index contributed by atoms with van der Waals surface area (Å²) < 4.78 is 58.5. The predicted octanol–water partition coefficient (Wildman–Crippen LogP) is 4.57. The normalized spacial score (nSPS) is 11.2. The van der Waals surface area contributed by atoms with Gasteiger partial charge in [-0.2, -0.15) is 0 Å². The van der Waals surface area contributed by atoms with Gasteiger partial charge in [0.2, 0.25) is 0 Å². The van der Waals surface area contributed by atoms with E-state index in [0.29, 0.717) is 5.56 Å². The van der Waals surface area contributed by atoms with Gasteiger partial charge in [-0.1, -0.05) is 12.1 Å². The van der Waals surface area contributed by atoms with Crippen molar-refractivity contribution in [2.75, 3.05) is 6.61 Å². The predicted molar refractivity (Wildman–Crippen MR) is 74.5 cm³/mol. The van der Waals surface area contributed by atoms with Crippen LogP contribution in [0.5, 0.6) is 5.75 Å². The highest BCUT2D eigenvalue weighted by Gasteiger charge is 2.31. The van der Waals surface area contributed by atoms with E-state index in [2.05, 4.69) is 4.74 Å². The van der Waals surface area contributed by atoms with Crippen molar-refractivity contribution in [3.05, 3.63) is 53.8 Å². The average molecular weight is 328 g/mol. The van der Waals surface area contributed by atoms with Gasteiger partial charge in [-0.3, -0.25) is 0 Å². The van der Waals surface area contributed by atoms with Crippen LogP contribution in [0, 0.1) is 5.82 Å². The molecule has 0 heterocycles. The van der Waals surface area contributed by atoms with E-state index in [-0.39, 0.29) is 17.7 Å². The van der Waals surface area contributed by atoms with Gasteiger partial charge in [-0.05, 0) is 48.4 Å². The second kappa shape index (κ2) is 6.68. The molecule has 2 aromatic carbocycles. The number of hydrogen-bond acceptors (Lipinski definition) is 3. The van der Waals surface area contributed by atoms with Crippen LogP contribution in [-0.2, 0) is 4.74 Å². The van der Waals surface area contributed by atoms with Crippen molar-refractivity contribution < 1.29 is 31.8 Å². The lowest BCUT2D eigenvalue weighted by Crippen LogP contribution is -2.16. The van der Waals surface area contributed by atoms with Gasteiger partial charge in [-0.15, -0.1) is 13.2 Å². The molecule has 23 heavy (non-hydrogen) atoms. The van der Waals surface area contributed by atoms with E-state index in [1.54, 1.807) is 6.92 Å². The molecule has 122 valence electrons. The lowest BCUT2D eigenvalue weighted by atomic mass is 9.99. The summed E-state index contributed by atoms with van der Waals surface area (Å²) in [7, 11) is 0. The Balaban J connectivity index is 2.37. The molecular weight excluding hydrogens is 316 g/mol. The highest BCUT2D eigenvalue weighted by Crippen LogP contribution is 2.29. The first kappa shape index (κ1) is 16.8. The van der Waals surface area contributed by atoms with E-state index in [0.717, 1.165) is 24.3 Å². The molecule has 0 saturated heterocycles. The van der Waals surface area contributed by atoms with E-state index >= 15 is 0 Å². The monoisotopic (exact) mass is 328 g/mol. The smallest absolute Gasteiger partial charge is 0.462 e. The zero-order valence-corrected chi connectivity index (χ0v) is 12.0. The van der Waals surface area contributed by atoms with Gasteiger partial charge >= 0.3 is 12.3 Å². The van der Waals surface area contributed by atoms with Crippen LogP contribution in [-0.4, -0.2) is 18.9 Å². The SMILES string of the molecule is CCOC(=O)c1ccc(F)cc1-c1ccc(OC(F)(F)F)cc1. The third kappa shape index (κ3) is 4.45. The van der Waals surface area contributed by atoms with Gasteiger partial charge in [-0.25, -0.2) is 9.18 Å². The lowest BCUT2D eigenvalue weighted by molar-refractivity contribution is -0.274. The maximum atomic E-state index is 13.5. The third-order valence-corrected chi connectivity index (χ3v) is 2.88. The standard InChI is InChI=1S/C16H12F4O3/c1-2-22-15(21)13-8-5-11(17)9-14(13)10-3-6-12(7-4-10)23-16(18,19)20/h3-9H,2H2,1H3. The highest BCUT2D eigenvalue weighted by molar-refractivity contribution is 5.97. The van der Waals surface area contributed by atoms with Crippen molar-refractivity contribution in [1.82, 2.24) is 0 Å². The molecule has 2 rings (SSSR count). The van der Waals surface area contributed by atoms with Crippen molar-refractivity contribution in [2.24, 2.45) is 0 Å². The molecule has 0 fully saturated rings. The number of ether oxygens (including phenoxy) is 2. The number of benzene rings is 2. The number of alkyl halides is 3. The van der Waals surface area contributed by atoms with E-state index in [4.69, 9.17) is 4.74 Å². The number of halogens is 4. The quantitative estimate of drug-likeness (QED) is 0.609. The first-order chi connectivity index (χ1) is 10.8. The second-order valence-electron chi connectivity index (χ2n) is 4.48. The molecule has 0 N–H and O–H groups in total. The largest absolute Gasteiger partial charge is 0.573 e. The van der Waals surface area contributed by atoms with Crippen LogP contribution in [0.4, 0.5) is 17.6 Å². The fourth-order valence-corrected chi connectivity index (χ4v) is 1.98. The molecule has 7 heteroatoms. The van der Waals surface area contributed by atoms with Gasteiger partial charge in [0.1, 0.15) is 11.6 Å². The Hall–Kier alpha value is -2.57. The maximum absolute atomic E-state index is 13.5. The van der Waals surface area contributed by atoms with Crippen LogP contribution in [0.2, 0.25) is 0 Å². The first-order valence-electron chi connectivity index (χ1n) is 6.63. The van der Waals surface area contributed by atoms with Crippen molar-refractivity contribution >= 4 is 5.97 Å². The minimum Gasteiger partial charge on any atom is -0.462 e. The first-order valence-corrected chi connectivity index (χ1v) is 6.63. The fourth-order valence-electron chi connectivity index (χ4n) is 1.98. The molecule has 0 bridgehead atoms. The molecule has 0 amide bonds. The number of esters is 1. The van der Waals surface area contributed by atoms with Gasteiger partial charge < -0.3 is 9.47 Å². The highest BCUT2D eigenvalue weighted by atomic mass is 19.4. The summed E-state index contributed by atoms with van der Waals surface area (Å²) in [4.78, 5) is 11.9. The van der Waals surface area contributed by atoms with Crippen LogP contribution in [0.25, 0.3) is 11.1 Å². The summed E-state index contributed by atoms with van der Waals surface area (Å²) >= 11 is 0. The van der Waals surface area contributed by atoms with Crippen molar-refractivity contribution in [2.45, 2.75) is 13.3 Å².